The third-order valence-corrected chi connectivity index (χ3v) is 4.28. The van der Waals surface area contributed by atoms with E-state index in [0.29, 0.717) is 24.6 Å². The van der Waals surface area contributed by atoms with Crippen molar-refractivity contribution in [2.75, 3.05) is 40.9 Å². The Kier molecular flexibility index (Phi) is 8.31. The van der Waals surface area contributed by atoms with E-state index in [1.165, 1.54) is 0 Å². The van der Waals surface area contributed by atoms with Crippen LogP contribution >= 0.6 is 12.4 Å². The first-order chi connectivity index (χ1) is 11.0. The molecule has 2 rings (SSSR count). The number of nitrogens with two attached hydrogens (primary N) is 1. The van der Waals surface area contributed by atoms with Crippen LogP contribution in [0.3, 0.4) is 0 Å². The van der Waals surface area contributed by atoms with E-state index in [1.807, 2.05) is 25.2 Å². The van der Waals surface area contributed by atoms with Crippen molar-refractivity contribution >= 4 is 18.3 Å². The molecule has 1 aromatic carbocycles. The molecular weight excluding hydrogens is 330 g/mol. The summed E-state index contributed by atoms with van der Waals surface area (Å²) >= 11 is 0. The Hall–Kier alpha value is -1.50. The SMILES string of the molecule is COc1ccc(CN(C)C(=O)CN2CCC(N)CC2)cc1OC.Cl. The highest BCUT2D eigenvalue weighted by atomic mass is 35.5. The van der Waals surface area contributed by atoms with E-state index in [0.717, 1.165) is 31.5 Å². The van der Waals surface area contributed by atoms with Crippen LogP contribution in [-0.4, -0.2) is 62.7 Å². The molecule has 0 radical (unpaired) electrons. The van der Waals surface area contributed by atoms with E-state index in [1.54, 1.807) is 19.1 Å². The number of carbonyl (C=O) groups excluding carboxylic acids is 1. The molecule has 1 heterocycles. The average Bonchev–Trinajstić information content (AvgIpc) is 2.56. The summed E-state index contributed by atoms with van der Waals surface area (Å²) in [5.41, 5.74) is 6.91. The fourth-order valence-electron chi connectivity index (χ4n) is 2.76. The van der Waals surface area contributed by atoms with Gasteiger partial charge in [0, 0.05) is 32.7 Å². The minimum atomic E-state index is 0. The second-order valence-corrected chi connectivity index (χ2v) is 6.05. The molecule has 1 aromatic rings. The Morgan fingerprint density at radius 1 is 1.25 bits per heavy atom. The number of likely N-dealkylation sites (N-methyl/N-ethyl adjacent to an activating group) is 1. The fourth-order valence-corrected chi connectivity index (χ4v) is 2.76. The topological polar surface area (TPSA) is 68.0 Å². The maximum atomic E-state index is 12.4. The van der Waals surface area contributed by atoms with Crippen LogP contribution in [0.25, 0.3) is 0 Å². The second kappa shape index (κ2) is 9.71. The molecule has 1 amide bonds. The summed E-state index contributed by atoms with van der Waals surface area (Å²) in [4.78, 5) is 16.3. The van der Waals surface area contributed by atoms with E-state index in [-0.39, 0.29) is 24.4 Å². The first-order valence-electron chi connectivity index (χ1n) is 7.96. The van der Waals surface area contributed by atoms with Crippen LogP contribution in [0.5, 0.6) is 11.5 Å². The lowest BCUT2D eigenvalue weighted by molar-refractivity contribution is -0.131. The number of ether oxygens (including phenoxy) is 2. The Bertz CT molecular complexity index is 534. The summed E-state index contributed by atoms with van der Waals surface area (Å²) in [6.45, 7) is 2.80. The van der Waals surface area contributed by atoms with Crippen LogP contribution in [0, 0.1) is 0 Å². The lowest BCUT2D eigenvalue weighted by Gasteiger charge is -2.30. The molecule has 1 fully saturated rings. The number of hydrogen-bond donors (Lipinski definition) is 1. The number of benzene rings is 1. The second-order valence-electron chi connectivity index (χ2n) is 6.05. The smallest absolute Gasteiger partial charge is 0.236 e. The molecule has 2 N–H and O–H groups in total. The Balaban J connectivity index is 0.00000288. The van der Waals surface area contributed by atoms with Crippen LogP contribution in [0.15, 0.2) is 18.2 Å². The average molecular weight is 358 g/mol. The third-order valence-electron chi connectivity index (χ3n) is 4.28. The summed E-state index contributed by atoms with van der Waals surface area (Å²) in [7, 11) is 5.05. The Morgan fingerprint density at radius 3 is 2.46 bits per heavy atom. The molecule has 1 saturated heterocycles. The summed E-state index contributed by atoms with van der Waals surface area (Å²) < 4.78 is 10.5. The highest BCUT2D eigenvalue weighted by Gasteiger charge is 2.20. The van der Waals surface area contributed by atoms with Crippen LogP contribution in [0.1, 0.15) is 18.4 Å². The number of hydrogen-bond acceptors (Lipinski definition) is 5. The Labute approximate surface area is 150 Å². The quantitative estimate of drug-likeness (QED) is 0.835. The lowest BCUT2D eigenvalue weighted by atomic mass is 10.1. The van der Waals surface area contributed by atoms with Crippen molar-refractivity contribution in [2.45, 2.75) is 25.4 Å². The highest BCUT2D eigenvalue weighted by molar-refractivity contribution is 5.85. The largest absolute Gasteiger partial charge is 0.493 e. The molecular formula is C17H28ClN3O3. The van der Waals surface area contributed by atoms with Crippen LogP contribution in [0.4, 0.5) is 0 Å². The third kappa shape index (κ3) is 5.54. The van der Waals surface area contributed by atoms with Gasteiger partial charge in [-0.05, 0) is 30.5 Å². The van der Waals surface area contributed by atoms with Crippen molar-refractivity contribution in [3.8, 4) is 11.5 Å². The fraction of sp³-hybridized carbons (Fsp3) is 0.588. The number of nitrogens with zero attached hydrogens (tertiary/aromatic N) is 2. The first kappa shape index (κ1) is 20.5. The molecule has 1 aliphatic rings. The molecule has 136 valence electrons. The van der Waals surface area contributed by atoms with Gasteiger partial charge in [0.15, 0.2) is 11.5 Å². The van der Waals surface area contributed by atoms with Crippen LogP contribution < -0.4 is 15.2 Å². The maximum absolute atomic E-state index is 12.4. The first-order valence-corrected chi connectivity index (χ1v) is 7.96. The summed E-state index contributed by atoms with van der Waals surface area (Å²) in [5, 5.41) is 0. The molecule has 6 nitrogen and oxygen atoms in total. The Morgan fingerprint density at radius 2 is 1.88 bits per heavy atom. The molecule has 24 heavy (non-hydrogen) atoms. The predicted octanol–water partition coefficient (Wildman–Crippen LogP) is 1.51. The minimum Gasteiger partial charge on any atom is -0.493 e. The van der Waals surface area contributed by atoms with Gasteiger partial charge in [0.1, 0.15) is 0 Å². The molecule has 0 bridgehead atoms. The number of rotatable bonds is 6. The normalized spacial score (nSPS) is 15.5. The molecule has 0 aliphatic carbocycles. The standard InChI is InChI=1S/C17H27N3O3.ClH/c1-19(17(21)12-20-8-6-14(18)7-9-20)11-13-4-5-15(22-2)16(10-13)23-3;/h4-5,10,14H,6-9,11-12,18H2,1-3H3;1H. The zero-order chi connectivity index (χ0) is 16.8. The van der Waals surface area contributed by atoms with Crippen molar-refractivity contribution in [1.82, 2.24) is 9.80 Å². The van der Waals surface area contributed by atoms with Crippen molar-refractivity contribution in [2.24, 2.45) is 5.73 Å². The number of halogens is 1. The van der Waals surface area contributed by atoms with Crippen molar-refractivity contribution in [1.29, 1.82) is 0 Å². The van der Waals surface area contributed by atoms with Gasteiger partial charge in [-0.1, -0.05) is 6.07 Å². The van der Waals surface area contributed by atoms with E-state index < -0.39 is 0 Å². The minimum absolute atomic E-state index is 0. The van der Waals surface area contributed by atoms with E-state index in [9.17, 15) is 4.79 Å². The van der Waals surface area contributed by atoms with Crippen molar-refractivity contribution < 1.29 is 14.3 Å². The van der Waals surface area contributed by atoms with E-state index in [4.69, 9.17) is 15.2 Å². The van der Waals surface area contributed by atoms with Gasteiger partial charge in [0.05, 0.1) is 20.8 Å². The zero-order valence-corrected chi connectivity index (χ0v) is 15.5. The molecule has 0 saturated carbocycles. The van der Waals surface area contributed by atoms with Gasteiger partial charge in [-0.25, -0.2) is 0 Å². The van der Waals surface area contributed by atoms with Crippen LogP contribution in [0.2, 0.25) is 0 Å². The number of amides is 1. The molecule has 1 aliphatic heterocycles. The maximum Gasteiger partial charge on any atom is 0.236 e. The lowest BCUT2D eigenvalue weighted by Crippen LogP contribution is -2.44. The van der Waals surface area contributed by atoms with Gasteiger partial charge in [-0.2, -0.15) is 0 Å². The van der Waals surface area contributed by atoms with Crippen molar-refractivity contribution in [3.05, 3.63) is 23.8 Å². The molecule has 7 heteroatoms. The van der Waals surface area contributed by atoms with E-state index >= 15 is 0 Å². The number of methoxy groups -OCH3 is 2. The van der Waals surface area contributed by atoms with Gasteiger partial charge in [-0.15, -0.1) is 12.4 Å². The van der Waals surface area contributed by atoms with Gasteiger partial charge >= 0.3 is 0 Å². The molecule has 0 aromatic heterocycles. The summed E-state index contributed by atoms with van der Waals surface area (Å²) in [6.07, 6.45) is 1.93. The molecule has 0 atom stereocenters. The van der Waals surface area contributed by atoms with Crippen molar-refractivity contribution in [3.63, 3.8) is 0 Å². The molecule has 0 spiro atoms. The number of piperidine rings is 1. The monoisotopic (exact) mass is 357 g/mol. The number of carbonyl (C=O) groups is 1. The van der Waals surface area contributed by atoms with Gasteiger partial charge < -0.3 is 20.1 Å². The number of likely N-dealkylation sites (tertiary alicyclic amines) is 1. The predicted molar refractivity (Wildman–Crippen MR) is 96.9 cm³/mol. The zero-order valence-electron chi connectivity index (χ0n) is 14.7. The van der Waals surface area contributed by atoms with Gasteiger partial charge in [-0.3, -0.25) is 9.69 Å². The molecule has 0 unspecified atom stereocenters. The highest BCUT2D eigenvalue weighted by Crippen LogP contribution is 2.27. The van der Waals surface area contributed by atoms with Crippen LogP contribution in [-0.2, 0) is 11.3 Å². The van der Waals surface area contributed by atoms with Gasteiger partial charge in [0.25, 0.3) is 0 Å². The van der Waals surface area contributed by atoms with Gasteiger partial charge in [0.2, 0.25) is 5.91 Å². The summed E-state index contributed by atoms with van der Waals surface area (Å²) in [6, 6.07) is 6.00. The summed E-state index contributed by atoms with van der Waals surface area (Å²) in [5.74, 6) is 1.49. The van der Waals surface area contributed by atoms with E-state index in [2.05, 4.69) is 4.90 Å².